The average Bonchev–Trinajstić information content (AvgIpc) is 3.19. The number of amides is 1. The minimum Gasteiger partial charge on any atom is -0.353 e. The number of carbonyl (C=O) groups is 1. The summed E-state index contributed by atoms with van der Waals surface area (Å²) in [6.07, 6.45) is 9.90. The Kier molecular flexibility index (Phi) is 4.81. The van der Waals surface area contributed by atoms with Crippen molar-refractivity contribution in [2.75, 3.05) is 6.54 Å². The van der Waals surface area contributed by atoms with E-state index in [9.17, 15) is 4.79 Å². The molecule has 2 aliphatic rings. The molecule has 3 N–H and O–H groups in total. The molecule has 0 spiro atoms. The molecule has 2 aliphatic carbocycles. The predicted octanol–water partition coefficient (Wildman–Crippen LogP) is 2.79. The molecule has 1 amide bonds. The molecule has 2 unspecified atom stereocenters. The third-order valence-electron chi connectivity index (χ3n) is 6.33. The van der Waals surface area contributed by atoms with Gasteiger partial charge in [-0.1, -0.05) is 43.2 Å². The summed E-state index contributed by atoms with van der Waals surface area (Å²) in [5, 5.41) is 7.68. The highest BCUT2D eigenvalue weighted by atomic mass is 16.2. The fourth-order valence-corrected chi connectivity index (χ4v) is 4.82. The summed E-state index contributed by atoms with van der Waals surface area (Å²) in [6.45, 7) is 0.628. The van der Waals surface area contributed by atoms with E-state index in [1.54, 1.807) is 6.20 Å². The van der Waals surface area contributed by atoms with Gasteiger partial charge in [0.15, 0.2) is 0 Å². The van der Waals surface area contributed by atoms with E-state index in [-0.39, 0.29) is 29.3 Å². The molecule has 5 heteroatoms. The number of aromatic nitrogens is 2. The second kappa shape index (κ2) is 7.23. The van der Waals surface area contributed by atoms with Crippen molar-refractivity contribution < 1.29 is 4.79 Å². The Balaban J connectivity index is 1.40. The quantitative estimate of drug-likeness (QED) is 0.869. The van der Waals surface area contributed by atoms with Crippen LogP contribution < -0.4 is 11.1 Å². The van der Waals surface area contributed by atoms with Crippen LogP contribution in [0.2, 0.25) is 0 Å². The van der Waals surface area contributed by atoms with Crippen molar-refractivity contribution in [1.29, 1.82) is 0 Å². The fourth-order valence-electron chi connectivity index (χ4n) is 4.82. The lowest BCUT2D eigenvalue weighted by molar-refractivity contribution is -0.129. The number of hydrogen-bond acceptors (Lipinski definition) is 3. The zero-order chi connectivity index (χ0) is 18.0. The van der Waals surface area contributed by atoms with Crippen LogP contribution in [0.4, 0.5) is 0 Å². The smallest absolute Gasteiger partial charge is 0.225 e. The molecule has 0 radical (unpaired) electrons. The largest absolute Gasteiger partial charge is 0.353 e. The number of rotatable bonds is 5. The molecule has 0 bridgehead atoms. The first kappa shape index (κ1) is 17.3. The van der Waals surface area contributed by atoms with E-state index < -0.39 is 0 Å². The van der Waals surface area contributed by atoms with Crippen LogP contribution in [0.25, 0.3) is 0 Å². The van der Waals surface area contributed by atoms with Crippen LogP contribution in [-0.4, -0.2) is 28.3 Å². The van der Waals surface area contributed by atoms with Gasteiger partial charge in [-0.25, -0.2) is 0 Å². The Morgan fingerprint density at radius 3 is 2.65 bits per heavy atom. The van der Waals surface area contributed by atoms with Crippen LogP contribution >= 0.6 is 0 Å². The summed E-state index contributed by atoms with van der Waals surface area (Å²) < 4.78 is 1.97. The van der Waals surface area contributed by atoms with Gasteiger partial charge in [-0.2, -0.15) is 5.10 Å². The summed E-state index contributed by atoms with van der Waals surface area (Å²) in [7, 11) is 0. The van der Waals surface area contributed by atoms with Gasteiger partial charge in [0.2, 0.25) is 5.91 Å². The van der Waals surface area contributed by atoms with E-state index in [2.05, 4.69) is 34.7 Å². The van der Waals surface area contributed by atoms with E-state index in [1.807, 2.05) is 23.0 Å². The lowest BCUT2D eigenvalue weighted by Gasteiger charge is -2.48. The molecular weight excluding hydrogens is 324 g/mol. The second-order valence-electron chi connectivity index (χ2n) is 7.91. The van der Waals surface area contributed by atoms with Gasteiger partial charge in [-0.15, -0.1) is 0 Å². The maximum Gasteiger partial charge on any atom is 0.225 e. The number of hydrogen-bond donors (Lipinski definition) is 2. The predicted molar refractivity (Wildman–Crippen MR) is 102 cm³/mol. The molecule has 0 aliphatic heterocycles. The highest BCUT2D eigenvalue weighted by Gasteiger charge is 2.46. The van der Waals surface area contributed by atoms with Gasteiger partial charge in [0.25, 0.3) is 0 Å². The minimum absolute atomic E-state index is 0.0210. The van der Waals surface area contributed by atoms with Crippen molar-refractivity contribution in [2.45, 2.75) is 56.0 Å². The molecule has 2 fully saturated rings. The zero-order valence-corrected chi connectivity index (χ0v) is 15.2. The third-order valence-corrected chi connectivity index (χ3v) is 6.33. The van der Waals surface area contributed by atoms with E-state index in [1.165, 1.54) is 12.0 Å². The Morgan fingerprint density at radius 2 is 1.96 bits per heavy atom. The summed E-state index contributed by atoms with van der Waals surface area (Å²) in [4.78, 5) is 13.0. The van der Waals surface area contributed by atoms with Crippen LogP contribution in [-0.2, 0) is 10.2 Å². The Hall–Kier alpha value is -2.14. The van der Waals surface area contributed by atoms with Crippen LogP contribution in [0, 0.1) is 5.92 Å². The van der Waals surface area contributed by atoms with Crippen molar-refractivity contribution in [1.82, 2.24) is 15.1 Å². The number of nitrogens with one attached hydrogen (secondary N) is 1. The van der Waals surface area contributed by atoms with Crippen molar-refractivity contribution in [3.05, 3.63) is 54.4 Å². The van der Waals surface area contributed by atoms with E-state index in [0.717, 1.165) is 32.1 Å². The average molecular weight is 352 g/mol. The van der Waals surface area contributed by atoms with E-state index in [4.69, 9.17) is 5.73 Å². The van der Waals surface area contributed by atoms with Gasteiger partial charge < -0.3 is 11.1 Å². The number of nitrogens with zero attached hydrogens (tertiary/aromatic N) is 2. The maximum atomic E-state index is 13.0. The van der Waals surface area contributed by atoms with Gasteiger partial charge in [0.1, 0.15) is 0 Å². The molecule has 2 aromatic rings. The van der Waals surface area contributed by atoms with Gasteiger partial charge in [-0.3, -0.25) is 9.48 Å². The first-order chi connectivity index (χ1) is 12.7. The van der Waals surface area contributed by atoms with Gasteiger partial charge >= 0.3 is 0 Å². The topological polar surface area (TPSA) is 72.9 Å². The Labute approximate surface area is 155 Å². The highest BCUT2D eigenvalue weighted by molar-refractivity contribution is 5.79. The second-order valence-corrected chi connectivity index (χ2v) is 7.91. The normalized spacial score (nSPS) is 31.2. The molecule has 1 aromatic carbocycles. The molecule has 138 valence electrons. The minimum atomic E-state index is 0.0210. The van der Waals surface area contributed by atoms with Crippen LogP contribution in [0.3, 0.4) is 0 Å². The van der Waals surface area contributed by atoms with Gasteiger partial charge in [-0.05, 0) is 37.3 Å². The van der Waals surface area contributed by atoms with E-state index >= 15 is 0 Å². The molecule has 26 heavy (non-hydrogen) atoms. The third kappa shape index (κ3) is 3.16. The SMILES string of the molecule is NCC1(c2ccccc2)CC(NC(=O)C2CCCCC2n2cccn2)C1. The summed E-state index contributed by atoms with van der Waals surface area (Å²) in [6, 6.07) is 12.8. The molecule has 0 saturated heterocycles. The molecule has 5 nitrogen and oxygen atoms in total. The van der Waals surface area contributed by atoms with Crippen LogP contribution in [0.5, 0.6) is 0 Å². The van der Waals surface area contributed by atoms with Crippen molar-refractivity contribution in [3.8, 4) is 0 Å². The van der Waals surface area contributed by atoms with Crippen molar-refractivity contribution in [2.24, 2.45) is 11.7 Å². The first-order valence-corrected chi connectivity index (χ1v) is 9.77. The Bertz CT molecular complexity index is 722. The summed E-state index contributed by atoms with van der Waals surface area (Å²) >= 11 is 0. The molecule has 4 rings (SSSR count). The lowest BCUT2D eigenvalue weighted by atomic mass is 9.61. The van der Waals surface area contributed by atoms with E-state index in [0.29, 0.717) is 6.54 Å². The highest BCUT2D eigenvalue weighted by Crippen LogP contribution is 2.43. The van der Waals surface area contributed by atoms with Gasteiger partial charge in [0, 0.05) is 30.4 Å². The Morgan fingerprint density at radius 1 is 1.19 bits per heavy atom. The fraction of sp³-hybridized carbons (Fsp3) is 0.524. The van der Waals surface area contributed by atoms with Crippen molar-refractivity contribution >= 4 is 5.91 Å². The molecule has 2 atom stereocenters. The maximum absolute atomic E-state index is 13.0. The van der Waals surface area contributed by atoms with Crippen LogP contribution in [0.1, 0.15) is 50.1 Å². The number of benzene rings is 1. The summed E-state index contributed by atoms with van der Waals surface area (Å²) in [5.41, 5.74) is 7.41. The van der Waals surface area contributed by atoms with Crippen molar-refractivity contribution in [3.63, 3.8) is 0 Å². The molecule has 1 heterocycles. The standard InChI is InChI=1S/C21H28N4O/c22-15-21(16-7-2-1-3-8-16)13-17(14-21)24-20(26)18-9-4-5-10-19(18)25-12-6-11-23-25/h1-3,6-8,11-12,17-19H,4-5,9-10,13-15,22H2,(H,24,26). The number of nitrogens with two attached hydrogens (primary N) is 1. The monoisotopic (exact) mass is 352 g/mol. The summed E-state index contributed by atoms with van der Waals surface area (Å²) in [5.74, 6) is 0.210. The van der Waals surface area contributed by atoms with Gasteiger partial charge in [0.05, 0.1) is 12.0 Å². The molecule has 2 saturated carbocycles. The molecule has 1 aromatic heterocycles. The lowest BCUT2D eigenvalue weighted by Crippen LogP contribution is -2.57. The van der Waals surface area contributed by atoms with Crippen LogP contribution in [0.15, 0.2) is 48.8 Å². The number of carbonyl (C=O) groups excluding carboxylic acids is 1. The molecular formula is C21H28N4O. The zero-order valence-electron chi connectivity index (χ0n) is 15.2. The first-order valence-electron chi connectivity index (χ1n) is 9.77.